The highest BCUT2D eigenvalue weighted by Crippen LogP contribution is 2.17. The van der Waals surface area contributed by atoms with Gasteiger partial charge in [0, 0.05) is 25.4 Å². The monoisotopic (exact) mass is 289 g/mol. The molecule has 1 amide bonds. The van der Waals surface area contributed by atoms with Gasteiger partial charge in [-0.05, 0) is 25.8 Å². The third-order valence-corrected chi connectivity index (χ3v) is 3.31. The minimum Gasteiger partial charge on any atom is -0.472 e. The van der Waals surface area contributed by atoms with Crippen molar-refractivity contribution < 1.29 is 14.3 Å². The topological polar surface area (TPSA) is 75.4 Å². The number of hydrogen-bond donors (Lipinski definition) is 0. The number of aromatic nitrogens is 1. The van der Waals surface area contributed by atoms with Crippen molar-refractivity contribution in [3.63, 3.8) is 0 Å². The fraction of sp³-hybridized carbons (Fsp3) is 0.533. The summed E-state index contributed by atoms with van der Waals surface area (Å²) in [6, 6.07) is 5.30. The van der Waals surface area contributed by atoms with Crippen molar-refractivity contribution in [1.82, 2.24) is 9.88 Å². The smallest absolute Gasteiger partial charge is 0.248 e. The van der Waals surface area contributed by atoms with E-state index in [4.69, 9.17) is 14.7 Å². The molecular weight excluding hydrogens is 270 g/mol. The average molecular weight is 289 g/mol. The first kappa shape index (κ1) is 15.3. The zero-order valence-electron chi connectivity index (χ0n) is 12.1. The third kappa shape index (κ3) is 4.43. The Bertz CT molecular complexity index is 527. The zero-order valence-corrected chi connectivity index (χ0v) is 12.1. The Hall–Kier alpha value is -2.13. The number of amides is 1. The van der Waals surface area contributed by atoms with Crippen molar-refractivity contribution in [2.45, 2.75) is 25.9 Å². The largest absolute Gasteiger partial charge is 0.472 e. The Labute approximate surface area is 124 Å². The Morgan fingerprint density at radius 3 is 3.24 bits per heavy atom. The van der Waals surface area contributed by atoms with Crippen molar-refractivity contribution in [2.75, 3.05) is 26.3 Å². The number of piperidine rings is 1. The number of hydrogen-bond acceptors (Lipinski definition) is 5. The summed E-state index contributed by atoms with van der Waals surface area (Å²) in [4.78, 5) is 17.8. The van der Waals surface area contributed by atoms with Crippen LogP contribution in [-0.4, -0.2) is 48.2 Å². The highest BCUT2D eigenvalue weighted by molar-refractivity contribution is 5.77. The van der Waals surface area contributed by atoms with E-state index in [1.165, 1.54) is 0 Å². The van der Waals surface area contributed by atoms with E-state index in [0.29, 0.717) is 24.6 Å². The highest BCUT2D eigenvalue weighted by Gasteiger charge is 2.25. The van der Waals surface area contributed by atoms with Gasteiger partial charge in [0.2, 0.25) is 11.8 Å². The third-order valence-electron chi connectivity index (χ3n) is 3.31. The lowest BCUT2D eigenvalue weighted by molar-refractivity contribution is -0.138. The maximum Gasteiger partial charge on any atom is 0.248 e. The van der Waals surface area contributed by atoms with Crippen LogP contribution < -0.4 is 4.74 Å². The predicted molar refractivity (Wildman–Crippen MR) is 75.7 cm³/mol. The normalized spacial score (nSPS) is 18.1. The number of carbonyl (C=O) groups is 1. The molecule has 1 aromatic heterocycles. The van der Waals surface area contributed by atoms with Gasteiger partial charge in [0.1, 0.15) is 12.7 Å². The summed E-state index contributed by atoms with van der Waals surface area (Å²) in [6.45, 7) is 3.78. The molecule has 1 saturated heterocycles. The summed E-state index contributed by atoms with van der Waals surface area (Å²) in [6.07, 6.45) is 3.22. The first-order valence-electron chi connectivity index (χ1n) is 7.11. The average Bonchev–Trinajstić information content (AvgIpc) is 2.53. The summed E-state index contributed by atoms with van der Waals surface area (Å²) in [5, 5.41) is 8.87. The van der Waals surface area contributed by atoms with Crippen LogP contribution in [0.4, 0.5) is 0 Å². The molecule has 0 spiro atoms. The molecule has 2 rings (SSSR count). The van der Waals surface area contributed by atoms with E-state index in [2.05, 4.69) is 11.1 Å². The predicted octanol–water partition coefficient (Wildman–Crippen LogP) is 1.36. The van der Waals surface area contributed by atoms with Gasteiger partial charge in [-0.15, -0.1) is 0 Å². The van der Waals surface area contributed by atoms with Gasteiger partial charge in [-0.3, -0.25) is 4.79 Å². The van der Waals surface area contributed by atoms with E-state index in [9.17, 15) is 4.79 Å². The summed E-state index contributed by atoms with van der Waals surface area (Å²) in [7, 11) is 0. The molecular formula is C15H19N3O3. The van der Waals surface area contributed by atoms with E-state index < -0.39 is 0 Å². The maximum atomic E-state index is 11.9. The molecule has 0 N–H and O–H groups in total. The fourth-order valence-corrected chi connectivity index (χ4v) is 2.26. The van der Waals surface area contributed by atoms with Crippen LogP contribution in [0.3, 0.4) is 0 Å². The first-order chi connectivity index (χ1) is 10.2. The van der Waals surface area contributed by atoms with Gasteiger partial charge in [-0.1, -0.05) is 0 Å². The zero-order chi connectivity index (χ0) is 15.1. The minimum atomic E-state index is -0.0919. The Morgan fingerprint density at radius 1 is 1.62 bits per heavy atom. The molecule has 1 fully saturated rings. The molecule has 0 unspecified atom stereocenters. The number of carbonyl (C=O) groups excluding carboxylic acids is 1. The van der Waals surface area contributed by atoms with Crippen LogP contribution in [0, 0.1) is 11.3 Å². The number of nitriles is 1. The lowest BCUT2D eigenvalue weighted by atomic mass is 10.1. The molecule has 21 heavy (non-hydrogen) atoms. The second-order valence-electron chi connectivity index (χ2n) is 4.85. The SMILES string of the molecule is CCOCC(=O)N1CCC[C@H](Oc2cc(C#N)ccn2)C1. The molecule has 2 heterocycles. The molecule has 0 aromatic carbocycles. The van der Waals surface area contributed by atoms with Crippen molar-refractivity contribution in [2.24, 2.45) is 0 Å². The van der Waals surface area contributed by atoms with Crippen molar-refractivity contribution in [1.29, 1.82) is 5.26 Å². The van der Waals surface area contributed by atoms with E-state index in [1.807, 2.05) is 6.92 Å². The minimum absolute atomic E-state index is 0.0103. The summed E-state index contributed by atoms with van der Waals surface area (Å²) in [5.41, 5.74) is 0.514. The molecule has 1 aromatic rings. The number of pyridine rings is 1. The van der Waals surface area contributed by atoms with Gasteiger partial charge >= 0.3 is 0 Å². The molecule has 0 bridgehead atoms. The number of rotatable bonds is 5. The molecule has 6 heteroatoms. The number of ether oxygens (including phenoxy) is 2. The summed E-state index contributed by atoms with van der Waals surface area (Å²) >= 11 is 0. The van der Waals surface area contributed by atoms with E-state index >= 15 is 0 Å². The van der Waals surface area contributed by atoms with Crippen LogP contribution in [0.15, 0.2) is 18.3 Å². The molecule has 1 aliphatic heterocycles. The second kappa shape index (κ2) is 7.60. The molecule has 1 atom stereocenters. The number of likely N-dealkylation sites (tertiary alicyclic amines) is 1. The van der Waals surface area contributed by atoms with Crippen LogP contribution >= 0.6 is 0 Å². The Kier molecular flexibility index (Phi) is 5.52. The lowest BCUT2D eigenvalue weighted by Gasteiger charge is -2.32. The Morgan fingerprint density at radius 2 is 2.48 bits per heavy atom. The molecule has 1 aliphatic rings. The molecule has 112 valence electrons. The first-order valence-corrected chi connectivity index (χ1v) is 7.11. The second-order valence-corrected chi connectivity index (χ2v) is 4.85. The lowest BCUT2D eigenvalue weighted by Crippen LogP contribution is -2.45. The van der Waals surface area contributed by atoms with Gasteiger partial charge in [0.15, 0.2) is 0 Å². The molecule has 6 nitrogen and oxygen atoms in total. The summed E-state index contributed by atoms with van der Waals surface area (Å²) in [5.74, 6) is 0.419. The quantitative estimate of drug-likeness (QED) is 0.818. The van der Waals surface area contributed by atoms with Crippen LogP contribution in [0.5, 0.6) is 5.88 Å². The van der Waals surface area contributed by atoms with E-state index in [1.54, 1.807) is 23.2 Å². The van der Waals surface area contributed by atoms with Crippen molar-refractivity contribution >= 4 is 5.91 Å². The van der Waals surface area contributed by atoms with Crippen LogP contribution in [-0.2, 0) is 9.53 Å². The number of nitrogens with zero attached hydrogens (tertiary/aromatic N) is 3. The molecule has 0 aliphatic carbocycles. The van der Waals surface area contributed by atoms with E-state index in [-0.39, 0.29) is 18.6 Å². The van der Waals surface area contributed by atoms with Crippen molar-refractivity contribution in [3.8, 4) is 11.9 Å². The van der Waals surface area contributed by atoms with Crippen LogP contribution in [0.25, 0.3) is 0 Å². The van der Waals surface area contributed by atoms with Crippen molar-refractivity contribution in [3.05, 3.63) is 23.9 Å². The van der Waals surface area contributed by atoms with Gasteiger partial charge in [0.05, 0.1) is 18.2 Å². The highest BCUT2D eigenvalue weighted by atomic mass is 16.5. The van der Waals surface area contributed by atoms with Crippen LogP contribution in [0.2, 0.25) is 0 Å². The molecule has 0 saturated carbocycles. The van der Waals surface area contributed by atoms with Crippen LogP contribution in [0.1, 0.15) is 25.3 Å². The fourth-order valence-electron chi connectivity index (χ4n) is 2.26. The van der Waals surface area contributed by atoms with Gasteiger partial charge in [-0.25, -0.2) is 4.98 Å². The van der Waals surface area contributed by atoms with Gasteiger partial charge in [-0.2, -0.15) is 5.26 Å². The maximum absolute atomic E-state index is 11.9. The summed E-state index contributed by atoms with van der Waals surface area (Å²) < 4.78 is 10.9. The molecule has 0 radical (unpaired) electrons. The Balaban J connectivity index is 1.91. The van der Waals surface area contributed by atoms with Gasteiger partial charge in [0.25, 0.3) is 0 Å². The standard InChI is InChI=1S/C15H19N3O3/c1-2-20-11-15(19)18-7-3-4-13(10-18)21-14-8-12(9-16)5-6-17-14/h5-6,8,13H,2-4,7,10-11H2,1H3/t13-/m0/s1. The van der Waals surface area contributed by atoms with Gasteiger partial charge < -0.3 is 14.4 Å². The van der Waals surface area contributed by atoms with E-state index in [0.717, 1.165) is 19.4 Å².